The van der Waals surface area contributed by atoms with Gasteiger partial charge in [0.15, 0.2) is 11.4 Å². The molecular formula is C12H14N2O. The van der Waals surface area contributed by atoms with Crippen LogP contribution in [0.15, 0.2) is 18.3 Å². The third kappa shape index (κ3) is 2.47. The van der Waals surface area contributed by atoms with Gasteiger partial charge in [-0.05, 0) is 37.8 Å². The number of hydrogen-bond acceptors (Lipinski definition) is 3. The van der Waals surface area contributed by atoms with Gasteiger partial charge in [-0.2, -0.15) is 5.26 Å². The predicted molar refractivity (Wildman–Crippen MR) is 56.5 cm³/mol. The monoisotopic (exact) mass is 202 g/mol. The molecule has 2 rings (SSSR count). The Balaban J connectivity index is 2.06. The zero-order valence-electron chi connectivity index (χ0n) is 8.65. The normalized spacial score (nSPS) is 17.0. The summed E-state index contributed by atoms with van der Waals surface area (Å²) in [5, 5.41) is 8.86. The van der Waals surface area contributed by atoms with Crippen LogP contribution in [0, 0.1) is 11.3 Å². The number of rotatable bonds is 2. The van der Waals surface area contributed by atoms with Crippen LogP contribution in [0.25, 0.3) is 0 Å². The van der Waals surface area contributed by atoms with Crippen molar-refractivity contribution in [1.82, 2.24) is 4.98 Å². The van der Waals surface area contributed by atoms with Crippen LogP contribution < -0.4 is 4.74 Å². The summed E-state index contributed by atoms with van der Waals surface area (Å²) in [6.45, 7) is 0. The molecule has 0 N–H and O–H groups in total. The molecule has 0 atom stereocenters. The van der Waals surface area contributed by atoms with E-state index in [1.807, 2.05) is 12.1 Å². The van der Waals surface area contributed by atoms with E-state index in [0.29, 0.717) is 11.4 Å². The molecule has 1 aliphatic rings. The van der Waals surface area contributed by atoms with Gasteiger partial charge >= 0.3 is 0 Å². The lowest BCUT2D eigenvalue weighted by molar-refractivity contribution is 0.154. The minimum Gasteiger partial charge on any atom is -0.487 e. The van der Waals surface area contributed by atoms with Crippen molar-refractivity contribution >= 4 is 0 Å². The van der Waals surface area contributed by atoms with E-state index in [-0.39, 0.29) is 6.10 Å². The first-order valence-electron chi connectivity index (χ1n) is 5.42. The Morgan fingerprint density at radius 2 is 2.13 bits per heavy atom. The van der Waals surface area contributed by atoms with Crippen LogP contribution in [-0.2, 0) is 0 Å². The van der Waals surface area contributed by atoms with Crippen molar-refractivity contribution in [1.29, 1.82) is 5.26 Å². The van der Waals surface area contributed by atoms with E-state index in [9.17, 15) is 0 Å². The quantitative estimate of drug-likeness (QED) is 0.740. The number of nitriles is 1. The van der Waals surface area contributed by atoms with Crippen LogP contribution >= 0.6 is 0 Å². The second-order valence-corrected chi connectivity index (χ2v) is 3.84. The molecular weight excluding hydrogens is 188 g/mol. The topological polar surface area (TPSA) is 45.9 Å². The average Bonchev–Trinajstić information content (AvgIpc) is 2.31. The molecule has 1 heterocycles. The highest BCUT2D eigenvalue weighted by molar-refractivity contribution is 5.36. The first-order valence-corrected chi connectivity index (χ1v) is 5.42. The molecule has 0 amide bonds. The van der Waals surface area contributed by atoms with Crippen molar-refractivity contribution in [3.05, 3.63) is 24.0 Å². The second kappa shape index (κ2) is 4.79. The summed E-state index contributed by atoms with van der Waals surface area (Å²) in [5.74, 6) is 0.631. The van der Waals surface area contributed by atoms with Gasteiger partial charge in [0, 0.05) is 6.20 Å². The Labute approximate surface area is 89.7 Å². The van der Waals surface area contributed by atoms with Crippen molar-refractivity contribution in [3.63, 3.8) is 0 Å². The molecule has 15 heavy (non-hydrogen) atoms. The Morgan fingerprint density at radius 3 is 2.87 bits per heavy atom. The minimum atomic E-state index is 0.273. The van der Waals surface area contributed by atoms with E-state index in [2.05, 4.69) is 4.98 Å². The summed E-state index contributed by atoms with van der Waals surface area (Å²) in [5.41, 5.74) is 0.392. The van der Waals surface area contributed by atoms with Crippen LogP contribution in [0.3, 0.4) is 0 Å². The van der Waals surface area contributed by atoms with Gasteiger partial charge in [0.25, 0.3) is 0 Å². The van der Waals surface area contributed by atoms with Crippen LogP contribution in [0.4, 0.5) is 0 Å². The van der Waals surface area contributed by atoms with E-state index >= 15 is 0 Å². The summed E-state index contributed by atoms with van der Waals surface area (Å²) in [6.07, 6.45) is 7.85. The van der Waals surface area contributed by atoms with Gasteiger partial charge in [0.05, 0.1) is 6.10 Å². The molecule has 0 aliphatic heterocycles. The molecule has 1 saturated carbocycles. The molecule has 1 aromatic heterocycles. The zero-order valence-corrected chi connectivity index (χ0v) is 8.65. The van der Waals surface area contributed by atoms with Gasteiger partial charge in [0.2, 0.25) is 0 Å². The fourth-order valence-electron chi connectivity index (χ4n) is 1.93. The maximum absolute atomic E-state index is 8.86. The number of nitrogens with zero attached hydrogens (tertiary/aromatic N) is 2. The molecule has 78 valence electrons. The molecule has 0 radical (unpaired) electrons. The highest BCUT2D eigenvalue weighted by Gasteiger charge is 2.16. The Hall–Kier alpha value is -1.56. The van der Waals surface area contributed by atoms with Crippen LogP contribution in [0.2, 0.25) is 0 Å². The number of aromatic nitrogens is 1. The smallest absolute Gasteiger partial charge is 0.182 e. The molecule has 0 saturated heterocycles. The molecule has 0 bridgehead atoms. The molecule has 0 aromatic carbocycles. The van der Waals surface area contributed by atoms with E-state index in [1.54, 1.807) is 12.3 Å². The SMILES string of the molecule is N#Cc1ncccc1OC1CCCCC1. The molecule has 1 aliphatic carbocycles. The summed E-state index contributed by atoms with van der Waals surface area (Å²) in [6, 6.07) is 5.67. The van der Waals surface area contributed by atoms with E-state index in [1.165, 1.54) is 19.3 Å². The molecule has 0 spiro atoms. The van der Waals surface area contributed by atoms with Crippen LogP contribution in [-0.4, -0.2) is 11.1 Å². The van der Waals surface area contributed by atoms with Crippen LogP contribution in [0.1, 0.15) is 37.8 Å². The summed E-state index contributed by atoms with van der Waals surface area (Å²) >= 11 is 0. The lowest BCUT2D eigenvalue weighted by Crippen LogP contribution is -2.20. The Bertz CT molecular complexity index is 364. The largest absolute Gasteiger partial charge is 0.487 e. The van der Waals surface area contributed by atoms with Crippen LogP contribution in [0.5, 0.6) is 5.75 Å². The van der Waals surface area contributed by atoms with Gasteiger partial charge in [-0.3, -0.25) is 0 Å². The standard InChI is InChI=1S/C12H14N2O/c13-9-11-12(7-4-8-14-11)15-10-5-2-1-3-6-10/h4,7-8,10H,1-3,5-6H2. The molecule has 1 fully saturated rings. The highest BCUT2D eigenvalue weighted by Crippen LogP contribution is 2.24. The van der Waals surface area contributed by atoms with Crippen molar-refractivity contribution in [3.8, 4) is 11.8 Å². The van der Waals surface area contributed by atoms with Crippen molar-refractivity contribution in [2.24, 2.45) is 0 Å². The second-order valence-electron chi connectivity index (χ2n) is 3.84. The third-order valence-corrected chi connectivity index (χ3v) is 2.72. The molecule has 3 heteroatoms. The molecule has 1 aromatic rings. The highest BCUT2D eigenvalue weighted by atomic mass is 16.5. The lowest BCUT2D eigenvalue weighted by atomic mass is 9.98. The van der Waals surface area contributed by atoms with E-state index < -0.39 is 0 Å². The predicted octanol–water partition coefficient (Wildman–Crippen LogP) is 2.66. The summed E-state index contributed by atoms with van der Waals surface area (Å²) in [7, 11) is 0. The molecule has 0 unspecified atom stereocenters. The van der Waals surface area contributed by atoms with Gasteiger partial charge in [-0.25, -0.2) is 4.98 Å². The third-order valence-electron chi connectivity index (χ3n) is 2.72. The maximum atomic E-state index is 8.86. The Morgan fingerprint density at radius 1 is 1.33 bits per heavy atom. The average molecular weight is 202 g/mol. The van der Waals surface area contributed by atoms with Gasteiger partial charge in [0.1, 0.15) is 6.07 Å². The number of hydrogen-bond donors (Lipinski definition) is 0. The van der Waals surface area contributed by atoms with E-state index in [4.69, 9.17) is 10.00 Å². The first-order chi connectivity index (χ1) is 7.40. The first kappa shape index (κ1) is 9.97. The van der Waals surface area contributed by atoms with Crippen molar-refractivity contribution < 1.29 is 4.74 Å². The zero-order chi connectivity index (χ0) is 10.5. The summed E-state index contributed by atoms with van der Waals surface area (Å²) in [4.78, 5) is 3.98. The van der Waals surface area contributed by atoms with Gasteiger partial charge in [-0.1, -0.05) is 6.42 Å². The van der Waals surface area contributed by atoms with Crippen molar-refractivity contribution in [2.75, 3.05) is 0 Å². The fraction of sp³-hybridized carbons (Fsp3) is 0.500. The lowest BCUT2D eigenvalue weighted by Gasteiger charge is -2.23. The van der Waals surface area contributed by atoms with Gasteiger partial charge < -0.3 is 4.74 Å². The van der Waals surface area contributed by atoms with Gasteiger partial charge in [-0.15, -0.1) is 0 Å². The number of pyridine rings is 1. The molecule has 3 nitrogen and oxygen atoms in total. The van der Waals surface area contributed by atoms with E-state index in [0.717, 1.165) is 12.8 Å². The Kier molecular flexibility index (Phi) is 3.18. The fourth-order valence-corrected chi connectivity index (χ4v) is 1.93. The minimum absolute atomic E-state index is 0.273. The maximum Gasteiger partial charge on any atom is 0.182 e. The number of ether oxygens (including phenoxy) is 1. The summed E-state index contributed by atoms with van der Waals surface area (Å²) < 4.78 is 5.79. The van der Waals surface area contributed by atoms with Crippen molar-refractivity contribution in [2.45, 2.75) is 38.2 Å².